The number of H-pyrrole nitrogens is 1. The summed E-state index contributed by atoms with van der Waals surface area (Å²) in [6, 6.07) is 0. The Bertz CT molecular complexity index is 1020. The first-order valence-corrected chi connectivity index (χ1v) is 10.7. The number of nitrogens with zero attached hydrogens (tertiary/aromatic N) is 3. The predicted octanol–water partition coefficient (Wildman–Crippen LogP) is -1.80. The van der Waals surface area contributed by atoms with Gasteiger partial charge in [0.25, 0.3) is 11.5 Å². The van der Waals surface area contributed by atoms with E-state index in [0.717, 1.165) is 4.57 Å². The van der Waals surface area contributed by atoms with Gasteiger partial charge in [-0.15, -0.1) is 0 Å². The fourth-order valence-corrected chi connectivity index (χ4v) is 3.97. The van der Waals surface area contributed by atoms with Gasteiger partial charge in [0.15, 0.2) is 6.33 Å². The van der Waals surface area contributed by atoms with E-state index in [1.807, 2.05) is 0 Å². The van der Waals surface area contributed by atoms with E-state index < -0.39 is 53.4 Å². The number of fused-ring (bicyclic) bond motifs is 1. The van der Waals surface area contributed by atoms with E-state index >= 15 is 0 Å². The molecule has 0 aliphatic heterocycles. The van der Waals surface area contributed by atoms with Crippen LogP contribution < -0.4 is 15.9 Å². The summed E-state index contributed by atoms with van der Waals surface area (Å²) in [5, 5.41) is 9.36. The molecular formula is C11H19FN5O10P2+. The van der Waals surface area contributed by atoms with E-state index in [1.54, 1.807) is 0 Å². The number of hydrogen-bond donors (Lipinski definition) is 6. The number of alkyl halides is 1. The largest absolute Gasteiger partial charge is 0.481 e. The number of anilines is 1. The van der Waals surface area contributed by atoms with Crippen molar-refractivity contribution < 1.29 is 51.4 Å². The molecule has 0 aliphatic carbocycles. The number of hydrogen-bond acceptors (Lipinski definition) is 9. The van der Waals surface area contributed by atoms with Crippen molar-refractivity contribution >= 4 is 32.8 Å². The third-order valence-corrected chi connectivity index (χ3v) is 5.57. The van der Waals surface area contributed by atoms with Crippen LogP contribution in [0, 0.1) is 0 Å². The van der Waals surface area contributed by atoms with Gasteiger partial charge in [-0.05, 0) is 0 Å². The molecule has 0 radical (unpaired) electrons. The SMILES string of the molecule is Cn1c[n+]([C@@H](CF)O[C@@H](CO)COP(=O)(O)OP(=O)(O)O)c2nc(N)[nH]c(=O)c21. The van der Waals surface area contributed by atoms with Crippen LogP contribution in [0.15, 0.2) is 11.1 Å². The van der Waals surface area contributed by atoms with Crippen LogP contribution >= 0.6 is 15.6 Å². The van der Waals surface area contributed by atoms with Gasteiger partial charge in [0.05, 0.1) is 20.3 Å². The highest BCUT2D eigenvalue weighted by Crippen LogP contribution is 2.57. The zero-order chi connectivity index (χ0) is 22.0. The second kappa shape index (κ2) is 8.95. The summed E-state index contributed by atoms with van der Waals surface area (Å²) in [6.45, 7) is -2.89. The van der Waals surface area contributed by atoms with E-state index in [2.05, 4.69) is 18.8 Å². The number of phosphoric ester groups is 1. The Kier molecular flexibility index (Phi) is 7.27. The fourth-order valence-electron chi connectivity index (χ4n) is 2.35. The van der Waals surface area contributed by atoms with Gasteiger partial charge in [-0.25, -0.2) is 18.1 Å². The number of aromatic amines is 1. The van der Waals surface area contributed by atoms with E-state index in [4.69, 9.17) is 20.3 Å². The van der Waals surface area contributed by atoms with Gasteiger partial charge >= 0.3 is 21.3 Å². The van der Waals surface area contributed by atoms with E-state index in [-0.39, 0.29) is 17.1 Å². The Morgan fingerprint density at radius 2 is 2.07 bits per heavy atom. The van der Waals surface area contributed by atoms with Crippen molar-refractivity contribution in [1.29, 1.82) is 0 Å². The van der Waals surface area contributed by atoms with Crippen molar-refractivity contribution in [3.8, 4) is 0 Å². The van der Waals surface area contributed by atoms with Gasteiger partial charge in [0.1, 0.15) is 12.8 Å². The normalized spacial score (nSPS) is 16.6. The smallest absolute Gasteiger partial charge is 0.394 e. The molecule has 0 fully saturated rings. The quantitative estimate of drug-likeness (QED) is 0.170. The lowest BCUT2D eigenvalue weighted by Gasteiger charge is -2.21. The number of nitrogens with two attached hydrogens (primary N) is 1. The molecule has 0 saturated carbocycles. The number of aryl methyl sites for hydroxylation is 1. The minimum atomic E-state index is -5.33. The highest BCUT2D eigenvalue weighted by atomic mass is 31.3. The minimum Gasteiger partial charge on any atom is -0.394 e. The first-order chi connectivity index (χ1) is 13.4. The Hall–Kier alpha value is -1.74. The molecule has 0 aliphatic rings. The van der Waals surface area contributed by atoms with E-state index in [0.29, 0.717) is 0 Å². The van der Waals surface area contributed by atoms with Crippen LogP contribution in [-0.4, -0.2) is 60.3 Å². The lowest BCUT2D eigenvalue weighted by molar-refractivity contribution is -0.745. The summed E-state index contributed by atoms with van der Waals surface area (Å²) in [6.07, 6.45) is -1.60. The van der Waals surface area contributed by atoms with Gasteiger partial charge in [-0.3, -0.25) is 18.9 Å². The Balaban J connectivity index is 2.22. The molecule has 15 nitrogen and oxygen atoms in total. The second-order valence-corrected chi connectivity index (χ2v) is 8.47. The standard InChI is InChI=1S/C11H18FN5O10P2/c1-16-5-17(9-8(16)10(19)15-11(13)14-9)7(2-12)26-6(3-18)4-25-29(23,24)27-28(20,21)22/h5-7,18H,2-4H2,1H3,(H5-,13,14,15,19,20,21,22,23,24)/p+1/t6-,7+/m0/s1. The molecule has 29 heavy (non-hydrogen) atoms. The monoisotopic (exact) mass is 462 g/mol. The van der Waals surface area contributed by atoms with Crippen molar-refractivity contribution in [3.05, 3.63) is 16.7 Å². The van der Waals surface area contributed by atoms with Crippen molar-refractivity contribution in [2.75, 3.05) is 25.6 Å². The van der Waals surface area contributed by atoms with Gasteiger partial charge in [-0.2, -0.15) is 4.31 Å². The maximum absolute atomic E-state index is 13.6. The number of ether oxygens (including phenoxy) is 1. The highest BCUT2D eigenvalue weighted by molar-refractivity contribution is 7.60. The Morgan fingerprint density at radius 3 is 2.62 bits per heavy atom. The van der Waals surface area contributed by atoms with Gasteiger partial charge < -0.3 is 30.3 Å². The van der Waals surface area contributed by atoms with Gasteiger partial charge in [0.2, 0.25) is 11.7 Å². The van der Waals surface area contributed by atoms with Crippen LogP contribution in [0.1, 0.15) is 6.23 Å². The number of rotatable bonds is 10. The molecule has 0 amide bonds. The molecular weight excluding hydrogens is 443 g/mol. The number of phosphoric acid groups is 2. The van der Waals surface area contributed by atoms with E-state index in [9.17, 15) is 28.3 Å². The molecule has 3 atom stereocenters. The van der Waals surface area contributed by atoms with Gasteiger partial charge in [-0.1, -0.05) is 4.98 Å². The zero-order valence-electron chi connectivity index (χ0n) is 14.8. The first-order valence-electron chi connectivity index (χ1n) is 7.69. The van der Waals surface area contributed by atoms with Crippen molar-refractivity contribution in [3.63, 3.8) is 0 Å². The third-order valence-electron chi connectivity index (χ3n) is 3.42. The molecule has 0 aromatic carbocycles. The zero-order valence-corrected chi connectivity index (χ0v) is 16.6. The predicted molar refractivity (Wildman–Crippen MR) is 91.8 cm³/mol. The molecule has 2 aromatic heterocycles. The van der Waals surface area contributed by atoms with Crippen LogP contribution in [0.25, 0.3) is 11.2 Å². The topological polar surface area (TPSA) is 223 Å². The molecule has 2 rings (SSSR count). The molecule has 18 heteroatoms. The lowest BCUT2D eigenvalue weighted by Crippen LogP contribution is -2.45. The summed E-state index contributed by atoms with van der Waals surface area (Å²) in [5.74, 6) is -0.238. The molecule has 0 bridgehead atoms. The first kappa shape index (κ1) is 23.5. The number of nitrogen functional groups attached to an aromatic ring is 1. The molecule has 0 saturated heterocycles. The third kappa shape index (κ3) is 6.12. The average molecular weight is 462 g/mol. The molecule has 2 aromatic rings. The van der Waals surface area contributed by atoms with Gasteiger partial charge in [0, 0.05) is 0 Å². The van der Waals surface area contributed by atoms with Crippen LogP contribution in [0.4, 0.5) is 10.3 Å². The molecule has 0 spiro atoms. The summed E-state index contributed by atoms with van der Waals surface area (Å²) < 4.78 is 51.4. The lowest BCUT2D eigenvalue weighted by atomic mass is 10.4. The summed E-state index contributed by atoms with van der Waals surface area (Å²) in [4.78, 5) is 44.6. The summed E-state index contributed by atoms with van der Waals surface area (Å²) in [5.41, 5.74) is 4.92. The maximum atomic E-state index is 13.6. The molecule has 1 unspecified atom stereocenters. The van der Waals surface area contributed by atoms with Crippen LogP contribution in [0.2, 0.25) is 0 Å². The van der Waals surface area contributed by atoms with E-state index in [1.165, 1.54) is 17.9 Å². The second-order valence-electron chi connectivity index (χ2n) is 5.64. The number of aliphatic hydroxyl groups is 1. The van der Waals surface area contributed by atoms with Crippen LogP contribution in [-0.2, 0) is 29.7 Å². The molecule has 7 N–H and O–H groups in total. The summed E-state index contributed by atoms with van der Waals surface area (Å²) >= 11 is 0. The highest BCUT2D eigenvalue weighted by Gasteiger charge is 2.34. The molecule has 2 heterocycles. The Morgan fingerprint density at radius 1 is 1.41 bits per heavy atom. The fraction of sp³-hybridized carbons (Fsp3) is 0.545. The number of imidazole rings is 1. The van der Waals surface area contributed by atoms with Crippen LogP contribution in [0.5, 0.6) is 0 Å². The van der Waals surface area contributed by atoms with Crippen molar-refractivity contribution in [1.82, 2.24) is 14.5 Å². The Labute approximate surface area is 161 Å². The summed E-state index contributed by atoms with van der Waals surface area (Å²) in [7, 11) is -9.04. The number of nitrogens with one attached hydrogen (secondary N) is 1. The van der Waals surface area contributed by atoms with Crippen LogP contribution in [0.3, 0.4) is 0 Å². The average Bonchev–Trinajstić information content (AvgIpc) is 2.89. The maximum Gasteiger partial charge on any atom is 0.481 e. The number of aromatic nitrogens is 4. The number of aliphatic hydroxyl groups excluding tert-OH is 1. The van der Waals surface area contributed by atoms with Crippen molar-refractivity contribution in [2.45, 2.75) is 12.3 Å². The minimum absolute atomic E-state index is 0.0355. The number of halogens is 1. The van der Waals surface area contributed by atoms with Crippen molar-refractivity contribution in [2.24, 2.45) is 7.05 Å². The molecule has 164 valence electrons.